The zero-order valence-electron chi connectivity index (χ0n) is 9.83. The third-order valence-electron chi connectivity index (χ3n) is 2.97. The van der Waals surface area contributed by atoms with Crippen molar-refractivity contribution >= 4 is 17.4 Å². The molecule has 3 nitrogen and oxygen atoms in total. The second kappa shape index (κ2) is 5.00. The number of anilines is 1. The first-order valence-corrected chi connectivity index (χ1v) is 6.33. The number of hydrogen-bond acceptors (Lipinski definition) is 3. The molecule has 0 saturated heterocycles. The molecule has 1 N–H and O–H groups in total. The van der Waals surface area contributed by atoms with Crippen molar-refractivity contribution in [3.05, 3.63) is 17.0 Å². The highest BCUT2D eigenvalue weighted by Gasteiger charge is 2.24. The smallest absolute Gasteiger partial charge is 0.134 e. The summed E-state index contributed by atoms with van der Waals surface area (Å²) < 4.78 is 0. The summed E-state index contributed by atoms with van der Waals surface area (Å²) in [5.74, 6) is 2.50. The van der Waals surface area contributed by atoms with Gasteiger partial charge in [-0.05, 0) is 25.7 Å². The van der Waals surface area contributed by atoms with Gasteiger partial charge in [0.2, 0.25) is 0 Å². The molecule has 1 atom stereocenters. The van der Waals surface area contributed by atoms with Crippen LogP contribution in [0.5, 0.6) is 0 Å². The number of rotatable bonds is 5. The molecule has 0 aliphatic heterocycles. The number of halogens is 1. The summed E-state index contributed by atoms with van der Waals surface area (Å²) in [6, 6.07) is 2.31. The van der Waals surface area contributed by atoms with Crippen LogP contribution in [0.1, 0.15) is 38.4 Å². The molecule has 1 aromatic heterocycles. The Bertz CT molecular complexity index is 343. The molecule has 4 heteroatoms. The van der Waals surface area contributed by atoms with Crippen molar-refractivity contribution in [2.45, 2.75) is 45.6 Å². The van der Waals surface area contributed by atoms with Crippen LogP contribution >= 0.6 is 11.6 Å². The van der Waals surface area contributed by atoms with Gasteiger partial charge >= 0.3 is 0 Å². The molecule has 88 valence electrons. The van der Waals surface area contributed by atoms with Crippen molar-refractivity contribution in [3.63, 3.8) is 0 Å². The number of nitrogens with one attached hydrogen (secondary N) is 1. The average Bonchev–Trinajstić information content (AvgIpc) is 2.99. The summed E-state index contributed by atoms with van der Waals surface area (Å²) in [4.78, 5) is 8.40. The minimum absolute atomic E-state index is 0.510. The molecule has 0 aromatic carbocycles. The summed E-state index contributed by atoms with van der Waals surface area (Å²) >= 11 is 5.90. The first-order chi connectivity index (χ1) is 7.67. The molecule has 16 heavy (non-hydrogen) atoms. The molecule has 0 bridgehead atoms. The van der Waals surface area contributed by atoms with Gasteiger partial charge in [0, 0.05) is 12.1 Å². The summed E-state index contributed by atoms with van der Waals surface area (Å²) in [7, 11) is 0. The maximum atomic E-state index is 5.90. The van der Waals surface area contributed by atoms with Crippen LogP contribution in [-0.2, 0) is 0 Å². The van der Waals surface area contributed by atoms with Crippen LogP contribution in [0.4, 0.5) is 5.82 Å². The fraction of sp³-hybridized carbons (Fsp3) is 0.667. The van der Waals surface area contributed by atoms with E-state index in [-0.39, 0.29) is 0 Å². The van der Waals surface area contributed by atoms with Gasteiger partial charge in [0.1, 0.15) is 16.8 Å². The predicted molar refractivity (Wildman–Crippen MR) is 66.8 cm³/mol. The van der Waals surface area contributed by atoms with Gasteiger partial charge < -0.3 is 5.32 Å². The van der Waals surface area contributed by atoms with E-state index < -0.39 is 0 Å². The summed E-state index contributed by atoms with van der Waals surface area (Å²) in [5, 5.41) is 3.96. The normalized spacial score (nSPS) is 17.2. The third-order valence-corrected chi connectivity index (χ3v) is 3.16. The highest BCUT2D eigenvalue weighted by molar-refractivity contribution is 6.29. The van der Waals surface area contributed by atoms with Gasteiger partial charge in [0.05, 0.1) is 0 Å². The lowest BCUT2D eigenvalue weighted by molar-refractivity contribution is 0.585. The van der Waals surface area contributed by atoms with Crippen LogP contribution in [0.25, 0.3) is 0 Å². The minimum atomic E-state index is 0.510. The predicted octanol–water partition coefficient (Wildman–Crippen LogP) is 3.43. The minimum Gasteiger partial charge on any atom is -0.367 e. The second-order valence-corrected chi connectivity index (χ2v) is 4.94. The van der Waals surface area contributed by atoms with Crippen LogP contribution < -0.4 is 5.32 Å². The Morgan fingerprint density at radius 1 is 1.50 bits per heavy atom. The van der Waals surface area contributed by atoms with E-state index in [1.54, 1.807) is 6.07 Å². The van der Waals surface area contributed by atoms with E-state index in [2.05, 4.69) is 22.2 Å². The van der Waals surface area contributed by atoms with Crippen molar-refractivity contribution < 1.29 is 0 Å². The van der Waals surface area contributed by atoms with Crippen molar-refractivity contribution in [1.82, 2.24) is 9.97 Å². The van der Waals surface area contributed by atoms with Crippen molar-refractivity contribution in [2.75, 3.05) is 5.32 Å². The van der Waals surface area contributed by atoms with Gasteiger partial charge in [-0.25, -0.2) is 9.97 Å². The number of aromatic nitrogens is 2. The monoisotopic (exact) mass is 239 g/mol. The highest BCUT2D eigenvalue weighted by Crippen LogP contribution is 2.34. The molecular weight excluding hydrogens is 222 g/mol. The van der Waals surface area contributed by atoms with E-state index in [9.17, 15) is 0 Å². The van der Waals surface area contributed by atoms with Gasteiger partial charge in [-0.15, -0.1) is 0 Å². The van der Waals surface area contributed by atoms with Crippen LogP contribution in [0.3, 0.4) is 0 Å². The molecule has 1 saturated carbocycles. The fourth-order valence-electron chi connectivity index (χ4n) is 1.90. The zero-order chi connectivity index (χ0) is 11.5. The lowest BCUT2D eigenvalue weighted by Gasteiger charge is -2.17. The van der Waals surface area contributed by atoms with Crippen molar-refractivity contribution in [1.29, 1.82) is 0 Å². The van der Waals surface area contributed by atoms with E-state index >= 15 is 0 Å². The Kier molecular flexibility index (Phi) is 3.64. The highest BCUT2D eigenvalue weighted by atomic mass is 35.5. The van der Waals surface area contributed by atoms with Crippen LogP contribution in [0.2, 0.25) is 5.15 Å². The van der Waals surface area contributed by atoms with E-state index in [1.807, 2.05) is 6.92 Å². The summed E-state index contributed by atoms with van der Waals surface area (Å²) in [6.45, 7) is 4.06. The van der Waals surface area contributed by atoms with Crippen LogP contribution in [-0.4, -0.2) is 16.0 Å². The van der Waals surface area contributed by atoms with E-state index in [0.29, 0.717) is 11.2 Å². The topological polar surface area (TPSA) is 37.8 Å². The van der Waals surface area contributed by atoms with E-state index in [0.717, 1.165) is 24.0 Å². The lowest BCUT2D eigenvalue weighted by Crippen LogP contribution is -2.20. The summed E-state index contributed by atoms with van der Waals surface area (Å²) in [6.07, 6.45) is 5.15. The van der Waals surface area contributed by atoms with Gasteiger partial charge in [0.25, 0.3) is 0 Å². The molecule has 2 rings (SSSR count). The average molecular weight is 240 g/mol. The third kappa shape index (κ3) is 3.34. The molecule has 1 unspecified atom stereocenters. The van der Waals surface area contributed by atoms with Gasteiger partial charge in [-0.2, -0.15) is 0 Å². The van der Waals surface area contributed by atoms with Gasteiger partial charge in [0.15, 0.2) is 0 Å². The Morgan fingerprint density at radius 2 is 2.25 bits per heavy atom. The fourth-order valence-corrected chi connectivity index (χ4v) is 2.12. The Labute approximate surface area is 102 Å². The molecule has 1 fully saturated rings. The first-order valence-electron chi connectivity index (χ1n) is 5.95. The van der Waals surface area contributed by atoms with Crippen molar-refractivity contribution in [3.8, 4) is 0 Å². The molecule has 1 aliphatic carbocycles. The van der Waals surface area contributed by atoms with Crippen LogP contribution in [0, 0.1) is 12.8 Å². The quantitative estimate of drug-likeness (QED) is 0.800. The SMILES string of the molecule is CCC(CC1CC1)Nc1cc(Cl)nc(C)n1. The molecule has 1 aromatic rings. The Hall–Kier alpha value is -0.830. The summed E-state index contributed by atoms with van der Waals surface area (Å²) in [5.41, 5.74) is 0. The second-order valence-electron chi connectivity index (χ2n) is 4.55. The molecule has 0 spiro atoms. The maximum absolute atomic E-state index is 5.90. The largest absolute Gasteiger partial charge is 0.367 e. The van der Waals surface area contributed by atoms with E-state index in [1.165, 1.54) is 19.3 Å². The zero-order valence-corrected chi connectivity index (χ0v) is 10.6. The lowest BCUT2D eigenvalue weighted by atomic mass is 10.1. The maximum Gasteiger partial charge on any atom is 0.134 e. The van der Waals surface area contributed by atoms with Gasteiger partial charge in [-0.3, -0.25) is 0 Å². The van der Waals surface area contributed by atoms with Crippen molar-refractivity contribution in [2.24, 2.45) is 5.92 Å². The molecule has 0 radical (unpaired) electrons. The first kappa shape index (κ1) is 11.6. The Balaban J connectivity index is 1.99. The molecule has 1 aliphatic rings. The number of nitrogens with zero attached hydrogens (tertiary/aromatic N) is 2. The van der Waals surface area contributed by atoms with Crippen LogP contribution in [0.15, 0.2) is 6.07 Å². The number of hydrogen-bond donors (Lipinski definition) is 1. The number of aryl methyl sites for hydroxylation is 1. The molecular formula is C12H18ClN3. The molecule has 1 heterocycles. The van der Waals surface area contributed by atoms with E-state index in [4.69, 9.17) is 11.6 Å². The Morgan fingerprint density at radius 3 is 2.81 bits per heavy atom. The molecule has 0 amide bonds. The van der Waals surface area contributed by atoms with Gasteiger partial charge in [-0.1, -0.05) is 31.4 Å². The standard InChI is InChI=1S/C12H18ClN3/c1-3-10(6-9-4-5-9)16-12-7-11(13)14-8(2)15-12/h7,9-10H,3-6H2,1-2H3,(H,14,15,16).